The van der Waals surface area contributed by atoms with Gasteiger partial charge in [0.15, 0.2) is 0 Å². The Labute approximate surface area is 116 Å². The van der Waals surface area contributed by atoms with Crippen LogP contribution >= 0.6 is 11.3 Å². The average molecular weight is 276 g/mol. The van der Waals surface area contributed by atoms with E-state index in [0.29, 0.717) is 11.3 Å². The van der Waals surface area contributed by atoms with Crippen molar-refractivity contribution in [2.24, 2.45) is 0 Å². The molecule has 0 bridgehead atoms. The monoisotopic (exact) mass is 276 g/mol. The van der Waals surface area contributed by atoms with Crippen LogP contribution in [0.3, 0.4) is 0 Å². The minimum atomic E-state index is -1.22. The molecule has 1 unspecified atom stereocenters. The van der Waals surface area contributed by atoms with Crippen molar-refractivity contribution in [1.82, 2.24) is 0 Å². The van der Waals surface area contributed by atoms with Gasteiger partial charge in [-0.3, -0.25) is 0 Å². The SMILES string of the molecule is CCCC(O)(c1ccccc1)c1sccc1C(=O)O. The number of thiophene rings is 1. The van der Waals surface area contributed by atoms with Gasteiger partial charge in [-0.05, 0) is 23.4 Å². The number of benzene rings is 1. The lowest BCUT2D eigenvalue weighted by atomic mass is 9.86. The third-order valence-corrected chi connectivity index (χ3v) is 4.20. The van der Waals surface area contributed by atoms with E-state index >= 15 is 0 Å². The first-order chi connectivity index (χ1) is 9.09. The van der Waals surface area contributed by atoms with Crippen LogP contribution in [0, 0.1) is 0 Å². The molecule has 0 aliphatic carbocycles. The van der Waals surface area contributed by atoms with Crippen molar-refractivity contribution in [1.29, 1.82) is 0 Å². The summed E-state index contributed by atoms with van der Waals surface area (Å²) in [5.74, 6) is -0.998. The van der Waals surface area contributed by atoms with E-state index in [1.54, 1.807) is 11.4 Å². The highest BCUT2D eigenvalue weighted by atomic mass is 32.1. The zero-order valence-corrected chi connectivity index (χ0v) is 11.5. The number of hydrogen-bond acceptors (Lipinski definition) is 3. The number of carboxylic acid groups (broad SMARTS) is 1. The molecule has 0 amide bonds. The standard InChI is InChI=1S/C15H16O3S/c1-2-9-15(18,11-6-4-3-5-7-11)13-12(14(16)17)8-10-19-13/h3-8,10,18H,2,9H2,1H3,(H,16,17). The van der Waals surface area contributed by atoms with Crippen LogP contribution in [-0.2, 0) is 5.60 Å². The number of hydrogen-bond donors (Lipinski definition) is 2. The molecule has 1 aromatic heterocycles. The maximum atomic E-state index is 11.3. The lowest BCUT2D eigenvalue weighted by molar-refractivity contribution is 0.0622. The largest absolute Gasteiger partial charge is 0.478 e. The fraction of sp³-hybridized carbons (Fsp3) is 0.267. The predicted octanol–water partition coefficient (Wildman–Crippen LogP) is 3.48. The lowest BCUT2D eigenvalue weighted by Crippen LogP contribution is -2.27. The van der Waals surface area contributed by atoms with Crippen LogP contribution < -0.4 is 0 Å². The Morgan fingerprint density at radius 3 is 2.53 bits per heavy atom. The third-order valence-electron chi connectivity index (χ3n) is 3.13. The highest BCUT2D eigenvalue weighted by Gasteiger charge is 2.35. The summed E-state index contributed by atoms with van der Waals surface area (Å²) in [7, 11) is 0. The van der Waals surface area contributed by atoms with Gasteiger partial charge in [-0.25, -0.2) is 4.79 Å². The van der Waals surface area contributed by atoms with Crippen LogP contribution in [0.15, 0.2) is 41.8 Å². The van der Waals surface area contributed by atoms with Crippen molar-refractivity contribution in [3.63, 3.8) is 0 Å². The maximum Gasteiger partial charge on any atom is 0.336 e. The van der Waals surface area contributed by atoms with Gasteiger partial charge < -0.3 is 10.2 Å². The molecule has 1 aromatic carbocycles. The molecule has 0 spiro atoms. The summed E-state index contributed by atoms with van der Waals surface area (Å²) >= 11 is 1.29. The molecule has 0 saturated heterocycles. The number of aromatic carboxylic acids is 1. The minimum Gasteiger partial charge on any atom is -0.478 e. The van der Waals surface area contributed by atoms with Crippen molar-refractivity contribution in [2.75, 3.05) is 0 Å². The molecule has 2 N–H and O–H groups in total. The summed E-state index contributed by atoms with van der Waals surface area (Å²) in [4.78, 5) is 11.8. The van der Waals surface area contributed by atoms with Gasteiger partial charge in [0, 0.05) is 0 Å². The summed E-state index contributed by atoms with van der Waals surface area (Å²) in [6, 6.07) is 10.8. The molecule has 0 fully saturated rings. The fourth-order valence-electron chi connectivity index (χ4n) is 2.26. The van der Waals surface area contributed by atoms with Crippen molar-refractivity contribution in [2.45, 2.75) is 25.4 Å². The number of aliphatic hydroxyl groups is 1. The van der Waals surface area contributed by atoms with Crippen LogP contribution in [0.1, 0.15) is 40.6 Å². The first kappa shape index (κ1) is 13.8. The maximum absolute atomic E-state index is 11.3. The summed E-state index contributed by atoms with van der Waals surface area (Å²) in [5.41, 5.74) is -0.302. The Hall–Kier alpha value is -1.65. The van der Waals surface area contributed by atoms with Gasteiger partial charge in [0.05, 0.1) is 10.4 Å². The molecular weight excluding hydrogens is 260 g/mol. The summed E-state index contributed by atoms with van der Waals surface area (Å²) < 4.78 is 0. The number of carboxylic acids is 1. The molecule has 19 heavy (non-hydrogen) atoms. The molecule has 1 atom stereocenters. The number of rotatable bonds is 5. The van der Waals surface area contributed by atoms with E-state index in [1.165, 1.54) is 11.3 Å². The molecule has 0 radical (unpaired) electrons. The lowest BCUT2D eigenvalue weighted by Gasteiger charge is -2.28. The van der Waals surface area contributed by atoms with E-state index in [2.05, 4.69) is 0 Å². The van der Waals surface area contributed by atoms with Gasteiger partial charge in [-0.1, -0.05) is 43.7 Å². The van der Waals surface area contributed by atoms with Gasteiger partial charge in [-0.2, -0.15) is 0 Å². The minimum absolute atomic E-state index is 0.185. The van der Waals surface area contributed by atoms with Crippen LogP contribution in [-0.4, -0.2) is 16.2 Å². The summed E-state index contributed by atoms with van der Waals surface area (Å²) in [5, 5.41) is 22.0. The van der Waals surface area contributed by atoms with E-state index in [0.717, 1.165) is 12.0 Å². The Bertz CT molecular complexity index is 562. The molecule has 100 valence electrons. The summed E-state index contributed by atoms with van der Waals surface area (Å²) in [6.07, 6.45) is 1.26. The van der Waals surface area contributed by atoms with Crippen LogP contribution in [0.4, 0.5) is 0 Å². The first-order valence-corrected chi connectivity index (χ1v) is 7.06. The molecule has 4 heteroatoms. The molecule has 3 nitrogen and oxygen atoms in total. The van der Waals surface area contributed by atoms with Gasteiger partial charge in [0.1, 0.15) is 5.60 Å². The highest BCUT2D eigenvalue weighted by Crippen LogP contribution is 2.39. The van der Waals surface area contributed by atoms with Crippen molar-refractivity contribution in [3.8, 4) is 0 Å². The molecule has 2 aromatic rings. The topological polar surface area (TPSA) is 57.5 Å². The van der Waals surface area contributed by atoms with Crippen LogP contribution in [0.5, 0.6) is 0 Å². The molecule has 0 aliphatic heterocycles. The van der Waals surface area contributed by atoms with Crippen molar-refractivity contribution < 1.29 is 15.0 Å². The number of carbonyl (C=O) groups is 1. The second-order valence-corrected chi connectivity index (χ2v) is 5.36. The van der Waals surface area contributed by atoms with E-state index in [4.69, 9.17) is 0 Å². The van der Waals surface area contributed by atoms with Crippen molar-refractivity contribution in [3.05, 3.63) is 57.8 Å². The molecule has 0 saturated carbocycles. The predicted molar refractivity (Wildman–Crippen MR) is 75.6 cm³/mol. The third kappa shape index (κ3) is 2.55. The second kappa shape index (κ2) is 5.55. The smallest absolute Gasteiger partial charge is 0.336 e. The average Bonchev–Trinajstić information content (AvgIpc) is 2.90. The Balaban J connectivity index is 2.56. The second-order valence-electron chi connectivity index (χ2n) is 4.44. The molecular formula is C15H16O3S. The van der Waals surface area contributed by atoms with Crippen LogP contribution in [0.2, 0.25) is 0 Å². The Morgan fingerprint density at radius 2 is 1.95 bits per heavy atom. The fourth-order valence-corrected chi connectivity index (χ4v) is 3.30. The van der Waals surface area contributed by atoms with E-state index in [1.807, 2.05) is 37.3 Å². The molecule has 2 rings (SSSR count). The Kier molecular flexibility index (Phi) is 4.02. The van der Waals surface area contributed by atoms with Gasteiger partial charge in [-0.15, -0.1) is 11.3 Å². The van der Waals surface area contributed by atoms with Crippen LogP contribution in [0.25, 0.3) is 0 Å². The molecule has 1 heterocycles. The zero-order chi connectivity index (χ0) is 13.9. The van der Waals surface area contributed by atoms with Gasteiger partial charge in [0.25, 0.3) is 0 Å². The van der Waals surface area contributed by atoms with Crippen molar-refractivity contribution >= 4 is 17.3 Å². The first-order valence-electron chi connectivity index (χ1n) is 6.18. The van der Waals surface area contributed by atoms with Gasteiger partial charge >= 0.3 is 5.97 Å². The zero-order valence-electron chi connectivity index (χ0n) is 10.7. The molecule has 0 aliphatic rings. The van der Waals surface area contributed by atoms with E-state index in [9.17, 15) is 15.0 Å². The van der Waals surface area contributed by atoms with E-state index < -0.39 is 11.6 Å². The van der Waals surface area contributed by atoms with Gasteiger partial charge in [0.2, 0.25) is 0 Å². The summed E-state index contributed by atoms with van der Waals surface area (Å²) in [6.45, 7) is 1.97. The highest BCUT2D eigenvalue weighted by molar-refractivity contribution is 7.10. The van der Waals surface area contributed by atoms with E-state index in [-0.39, 0.29) is 5.56 Å². The normalized spacial score (nSPS) is 14.0. The Morgan fingerprint density at radius 1 is 1.26 bits per heavy atom. The quantitative estimate of drug-likeness (QED) is 0.879.